The molecule has 4 heteroatoms. The molecule has 0 saturated carbocycles. The summed E-state index contributed by atoms with van der Waals surface area (Å²) in [4.78, 5) is 4.63. The summed E-state index contributed by atoms with van der Waals surface area (Å²) in [5.74, 6) is 0.927. The van der Waals surface area contributed by atoms with Crippen molar-refractivity contribution in [3.8, 4) is 0 Å². The lowest BCUT2D eigenvalue weighted by atomic mass is 10.2. The third-order valence-electron chi connectivity index (χ3n) is 3.30. The largest absolute Gasteiger partial charge is 0.230 e. The van der Waals surface area contributed by atoms with Gasteiger partial charge in [-0.1, -0.05) is 71.4 Å². The van der Waals surface area contributed by atoms with E-state index in [9.17, 15) is 0 Å². The van der Waals surface area contributed by atoms with Gasteiger partial charge in [0, 0.05) is 10.8 Å². The van der Waals surface area contributed by atoms with Crippen molar-refractivity contribution in [3.63, 3.8) is 0 Å². The van der Waals surface area contributed by atoms with Crippen molar-refractivity contribution in [3.05, 3.63) is 76.8 Å². The van der Waals surface area contributed by atoms with Gasteiger partial charge in [-0.25, -0.2) is 4.98 Å². The van der Waals surface area contributed by atoms with Crippen LogP contribution in [0.4, 0.5) is 0 Å². The highest BCUT2D eigenvalue weighted by Crippen LogP contribution is 2.29. The van der Waals surface area contributed by atoms with E-state index in [0.717, 1.165) is 26.2 Å². The zero-order chi connectivity index (χ0) is 16.1. The highest BCUT2D eigenvalue weighted by molar-refractivity contribution is 8.01. The van der Waals surface area contributed by atoms with E-state index in [1.54, 1.807) is 23.1 Å². The van der Waals surface area contributed by atoms with E-state index in [1.807, 2.05) is 30.3 Å². The Balaban J connectivity index is 1.57. The molecule has 0 amide bonds. The summed E-state index contributed by atoms with van der Waals surface area (Å²) in [6.45, 7) is 2.12. The number of hydrogen-bond acceptors (Lipinski definition) is 3. The van der Waals surface area contributed by atoms with Crippen LogP contribution in [0.5, 0.6) is 0 Å². The van der Waals surface area contributed by atoms with E-state index in [1.165, 1.54) is 10.3 Å². The Kier molecular flexibility index (Phi) is 5.55. The van der Waals surface area contributed by atoms with Crippen molar-refractivity contribution in [2.75, 3.05) is 5.75 Å². The van der Waals surface area contributed by atoms with Crippen molar-refractivity contribution in [2.24, 2.45) is 0 Å². The summed E-state index contributed by atoms with van der Waals surface area (Å²) < 4.78 is 2.37. The summed E-state index contributed by atoms with van der Waals surface area (Å²) in [7, 11) is 0. The second kappa shape index (κ2) is 7.82. The number of fused-ring (bicyclic) bond motifs is 1. The molecule has 0 N–H and O–H groups in total. The monoisotopic (exact) mass is 357 g/mol. The molecule has 1 nitrogen and oxygen atoms in total. The Morgan fingerprint density at radius 3 is 2.74 bits per heavy atom. The van der Waals surface area contributed by atoms with Gasteiger partial charge in [0.1, 0.15) is 0 Å². The Hall–Kier alpha value is -1.55. The Labute approximate surface area is 149 Å². The number of para-hydroxylation sites is 1. The molecule has 0 radical (unpaired) electrons. The normalized spacial score (nSPS) is 12.3. The molecule has 0 bridgehead atoms. The van der Waals surface area contributed by atoms with Crippen LogP contribution in [-0.2, 0) is 0 Å². The molecular weight excluding hydrogens is 342 g/mol. The summed E-state index contributed by atoms with van der Waals surface area (Å²) in [5, 5.41) is 0.765. The topological polar surface area (TPSA) is 12.9 Å². The van der Waals surface area contributed by atoms with Crippen LogP contribution in [0.15, 0.2) is 70.6 Å². The number of thioether (sulfide) groups is 1. The fourth-order valence-corrected chi connectivity index (χ4v) is 4.21. The summed E-state index contributed by atoms with van der Waals surface area (Å²) in [6.07, 6.45) is 6.45. The molecule has 1 heterocycles. The Morgan fingerprint density at radius 1 is 1.17 bits per heavy atom. The summed E-state index contributed by atoms with van der Waals surface area (Å²) >= 11 is 9.42. The average molecular weight is 358 g/mol. The van der Waals surface area contributed by atoms with E-state index in [-0.39, 0.29) is 0 Å². The van der Waals surface area contributed by atoms with Crippen molar-refractivity contribution in [1.82, 2.24) is 4.98 Å². The zero-order valence-corrected chi connectivity index (χ0v) is 15.1. The van der Waals surface area contributed by atoms with Gasteiger partial charge in [0.15, 0.2) is 4.34 Å². The van der Waals surface area contributed by atoms with Gasteiger partial charge in [-0.3, -0.25) is 0 Å². The van der Waals surface area contributed by atoms with Gasteiger partial charge in [0.05, 0.1) is 10.2 Å². The second-order valence-corrected chi connectivity index (χ2v) is 7.83. The molecule has 0 atom stereocenters. The van der Waals surface area contributed by atoms with Crippen LogP contribution in [0, 0.1) is 0 Å². The van der Waals surface area contributed by atoms with Gasteiger partial charge in [-0.05, 0) is 36.8 Å². The Bertz CT molecular complexity index is 814. The fourth-order valence-electron chi connectivity index (χ4n) is 2.03. The number of hydrogen-bond donors (Lipinski definition) is 0. The molecule has 2 aromatic carbocycles. The molecule has 3 rings (SSSR count). The van der Waals surface area contributed by atoms with Gasteiger partial charge >= 0.3 is 0 Å². The van der Waals surface area contributed by atoms with Crippen LogP contribution < -0.4 is 0 Å². The van der Waals surface area contributed by atoms with Gasteiger partial charge in [-0.2, -0.15) is 0 Å². The maximum atomic E-state index is 5.89. The zero-order valence-electron chi connectivity index (χ0n) is 12.7. The number of rotatable bonds is 5. The highest BCUT2D eigenvalue weighted by Gasteiger charge is 2.02. The number of aromatic nitrogens is 1. The number of thiazole rings is 1. The van der Waals surface area contributed by atoms with Gasteiger partial charge < -0.3 is 0 Å². The van der Waals surface area contributed by atoms with Crippen LogP contribution in [-0.4, -0.2) is 10.7 Å². The molecule has 116 valence electrons. The highest BCUT2D eigenvalue weighted by atomic mass is 35.5. The lowest BCUT2D eigenvalue weighted by Gasteiger charge is -1.95. The van der Waals surface area contributed by atoms with E-state index in [4.69, 9.17) is 11.6 Å². The average Bonchev–Trinajstić information content (AvgIpc) is 2.97. The first-order valence-electron chi connectivity index (χ1n) is 7.29. The predicted octanol–water partition coefficient (Wildman–Crippen LogP) is 6.70. The molecule has 23 heavy (non-hydrogen) atoms. The van der Waals surface area contributed by atoms with E-state index in [0.29, 0.717) is 0 Å². The van der Waals surface area contributed by atoms with Crippen molar-refractivity contribution < 1.29 is 0 Å². The first-order valence-corrected chi connectivity index (χ1v) is 9.47. The lowest BCUT2D eigenvalue weighted by Crippen LogP contribution is -1.76. The molecule has 0 unspecified atom stereocenters. The van der Waals surface area contributed by atoms with E-state index in [2.05, 4.69) is 48.3 Å². The second-order valence-electron chi connectivity index (χ2n) is 5.09. The van der Waals surface area contributed by atoms with Crippen LogP contribution >= 0.6 is 34.7 Å². The number of allylic oxidation sites excluding steroid dienone is 2. The smallest absolute Gasteiger partial charge is 0.151 e. The standard InChI is InChI=1S/C19H16ClNS2/c1-14(6-7-15-8-10-16(20)11-9-15)12-13-22-19-21-17-4-2-3-5-18(17)23-19/h2-12H,13H2,1H3/b7-6+,14-12+. The van der Waals surface area contributed by atoms with Gasteiger partial charge in [0.25, 0.3) is 0 Å². The third kappa shape index (κ3) is 4.71. The summed E-state index contributed by atoms with van der Waals surface area (Å²) in [6, 6.07) is 16.1. The Morgan fingerprint density at radius 2 is 1.96 bits per heavy atom. The minimum absolute atomic E-state index is 0.765. The van der Waals surface area contributed by atoms with E-state index >= 15 is 0 Å². The fraction of sp³-hybridized carbons (Fsp3) is 0.105. The van der Waals surface area contributed by atoms with Crippen molar-refractivity contribution in [1.29, 1.82) is 0 Å². The number of benzene rings is 2. The lowest BCUT2D eigenvalue weighted by molar-refractivity contribution is 1.30. The van der Waals surface area contributed by atoms with Gasteiger partial charge in [-0.15, -0.1) is 11.3 Å². The molecule has 0 spiro atoms. The summed E-state index contributed by atoms with van der Waals surface area (Å²) in [5.41, 5.74) is 3.48. The molecule has 1 aromatic heterocycles. The van der Waals surface area contributed by atoms with Crippen molar-refractivity contribution >= 4 is 51.0 Å². The molecule has 0 aliphatic heterocycles. The minimum atomic E-state index is 0.765. The van der Waals surface area contributed by atoms with Crippen LogP contribution in [0.1, 0.15) is 12.5 Å². The number of nitrogens with zero attached hydrogens (tertiary/aromatic N) is 1. The van der Waals surface area contributed by atoms with Gasteiger partial charge in [0.2, 0.25) is 0 Å². The van der Waals surface area contributed by atoms with Crippen LogP contribution in [0.2, 0.25) is 5.02 Å². The molecule has 0 fully saturated rings. The van der Waals surface area contributed by atoms with Crippen LogP contribution in [0.25, 0.3) is 16.3 Å². The first kappa shape index (κ1) is 16.3. The SMILES string of the molecule is CC(/C=C/c1ccc(Cl)cc1)=C\CSc1nc2ccccc2s1. The third-order valence-corrected chi connectivity index (χ3v) is 5.65. The number of halogens is 1. The molecule has 0 aliphatic carbocycles. The first-order chi connectivity index (χ1) is 11.2. The molecule has 0 aliphatic rings. The van der Waals surface area contributed by atoms with Crippen molar-refractivity contribution in [2.45, 2.75) is 11.3 Å². The molecular formula is C19H16ClNS2. The molecule has 0 saturated heterocycles. The van der Waals surface area contributed by atoms with Crippen LogP contribution in [0.3, 0.4) is 0 Å². The quantitative estimate of drug-likeness (QED) is 0.372. The van der Waals surface area contributed by atoms with E-state index < -0.39 is 0 Å². The predicted molar refractivity (Wildman–Crippen MR) is 105 cm³/mol. The maximum Gasteiger partial charge on any atom is 0.151 e. The molecule has 3 aromatic rings. The maximum absolute atomic E-state index is 5.89. The minimum Gasteiger partial charge on any atom is -0.230 e.